The Hall–Kier alpha value is -3.88. The largest absolute Gasteiger partial charge is 0.483 e. The zero-order chi connectivity index (χ0) is 29.1. The summed E-state index contributed by atoms with van der Waals surface area (Å²) in [6.45, 7) is 3.04. The number of carbonyl (C=O) groups is 2. The minimum atomic E-state index is -1.05. The normalized spacial score (nSPS) is 29.2. The maximum absolute atomic E-state index is 13.4. The molecule has 3 aromatic rings. The average molecular weight is 569 g/mol. The van der Waals surface area contributed by atoms with Crippen LogP contribution in [0.5, 0.6) is 11.5 Å². The van der Waals surface area contributed by atoms with E-state index >= 15 is 0 Å². The molecule has 2 aliphatic carbocycles. The highest BCUT2D eigenvalue weighted by Gasteiger charge is 2.73. The highest BCUT2D eigenvalue weighted by molar-refractivity contribution is 5.92. The molecule has 2 bridgehead atoms. The lowest BCUT2D eigenvalue weighted by Gasteiger charge is -2.64. The molecule has 5 atom stereocenters. The highest BCUT2D eigenvalue weighted by atomic mass is 16.6. The number of likely N-dealkylation sites (N-methyl/N-ethyl adjacent to an activating group) is 1. The first-order chi connectivity index (χ1) is 20.3. The molecule has 3 heterocycles. The van der Waals surface area contributed by atoms with Crippen LogP contribution in [0, 0.1) is 0 Å². The van der Waals surface area contributed by atoms with Gasteiger partial charge in [0.25, 0.3) is 0 Å². The van der Waals surface area contributed by atoms with E-state index in [9.17, 15) is 14.7 Å². The summed E-state index contributed by atoms with van der Waals surface area (Å²) in [7, 11) is 1.81. The van der Waals surface area contributed by atoms with Crippen molar-refractivity contribution in [1.29, 1.82) is 0 Å². The van der Waals surface area contributed by atoms with Crippen molar-refractivity contribution in [2.24, 2.45) is 0 Å². The van der Waals surface area contributed by atoms with Gasteiger partial charge >= 0.3 is 5.97 Å². The molecule has 1 saturated carbocycles. The molecule has 1 aromatic heterocycles. The molecule has 1 N–H and O–H groups in total. The van der Waals surface area contributed by atoms with Crippen LogP contribution in [0.1, 0.15) is 48.4 Å². The molecule has 2 aliphatic heterocycles. The monoisotopic (exact) mass is 568 g/mol. The summed E-state index contributed by atoms with van der Waals surface area (Å²) < 4.78 is 17.5. The zero-order valence-corrected chi connectivity index (χ0v) is 24.0. The van der Waals surface area contributed by atoms with Crippen LogP contribution in [-0.2, 0) is 27.8 Å². The summed E-state index contributed by atoms with van der Waals surface area (Å²) >= 11 is 0. The number of nitrogens with zero attached hydrogens (tertiary/aromatic N) is 2. The van der Waals surface area contributed by atoms with Gasteiger partial charge in [-0.15, -0.1) is 0 Å². The molecule has 42 heavy (non-hydrogen) atoms. The van der Waals surface area contributed by atoms with Crippen LogP contribution in [-0.4, -0.2) is 70.7 Å². The second kappa shape index (κ2) is 10.1. The Labute approximate surface area is 245 Å². The van der Waals surface area contributed by atoms with Gasteiger partial charge in [-0.2, -0.15) is 0 Å². The number of piperidine rings is 1. The molecule has 0 unspecified atom stereocenters. The van der Waals surface area contributed by atoms with Crippen LogP contribution in [0.3, 0.4) is 0 Å². The van der Waals surface area contributed by atoms with Gasteiger partial charge in [-0.1, -0.05) is 36.4 Å². The topological polar surface area (TPSA) is 92.5 Å². The molecular weight excluding hydrogens is 532 g/mol. The van der Waals surface area contributed by atoms with Gasteiger partial charge in [0.15, 0.2) is 11.5 Å². The number of hydrogen-bond donors (Lipinski definition) is 1. The van der Waals surface area contributed by atoms with Gasteiger partial charge in [-0.3, -0.25) is 14.5 Å². The lowest BCUT2D eigenvalue weighted by molar-refractivity contribution is -0.199. The number of likely N-dealkylation sites (tertiary alicyclic amines) is 1. The molecule has 0 radical (unpaired) electrons. The Balaban J connectivity index is 1.26. The van der Waals surface area contributed by atoms with E-state index in [0.29, 0.717) is 37.2 Å². The summed E-state index contributed by atoms with van der Waals surface area (Å²) in [4.78, 5) is 29.6. The van der Waals surface area contributed by atoms with E-state index in [0.717, 1.165) is 36.2 Å². The van der Waals surface area contributed by atoms with E-state index in [2.05, 4.69) is 29.2 Å². The van der Waals surface area contributed by atoms with Gasteiger partial charge in [0.1, 0.15) is 6.10 Å². The molecule has 4 aliphatic rings. The molecule has 2 aromatic carbocycles. The molecule has 8 nitrogen and oxygen atoms in total. The molecule has 1 spiro atoms. The minimum Gasteiger partial charge on any atom is -0.483 e. The number of ether oxygens (including phenoxy) is 2. The third kappa shape index (κ3) is 4.03. The molecule has 218 valence electrons. The summed E-state index contributed by atoms with van der Waals surface area (Å²) in [5.74, 6) is 0.361. The van der Waals surface area contributed by atoms with Gasteiger partial charge in [0, 0.05) is 43.8 Å². The van der Waals surface area contributed by atoms with Gasteiger partial charge < -0.3 is 23.9 Å². The second-order valence-electron chi connectivity index (χ2n) is 12.1. The fourth-order valence-corrected chi connectivity index (χ4v) is 8.23. The van der Waals surface area contributed by atoms with Crippen LogP contribution in [0.15, 0.2) is 71.6 Å². The number of benzene rings is 2. The molecule has 7 rings (SSSR count). The third-order valence-corrected chi connectivity index (χ3v) is 10.1. The molecule has 8 heteroatoms. The van der Waals surface area contributed by atoms with Crippen molar-refractivity contribution in [3.63, 3.8) is 0 Å². The molecular formula is C34H36N2O6. The predicted octanol–water partition coefficient (Wildman–Crippen LogP) is 4.14. The van der Waals surface area contributed by atoms with Gasteiger partial charge in [-0.05, 0) is 68.0 Å². The first-order valence-electron chi connectivity index (χ1n) is 14.8. The number of carbonyl (C=O) groups excluding carboxylic acids is 2. The summed E-state index contributed by atoms with van der Waals surface area (Å²) in [5.41, 5.74) is 2.41. The summed E-state index contributed by atoms with van der Waals surface area (Å²) in [5, 5.41) is 12.9. The maximum Gasteiger partial charge on any atom is 0.308 e. The van der Waals surface area contributed by atoms with Crippen LogP contribution in [0.25, 0.3) is 6.08 Å². The van der Waals surface area contributed by atoms with E-state index in [1.54, 1.807) is 35.6 Å². The SMILES string of the molecule is CC(=O)Oc1ccc2c3c1O[C@H]1[C@H](N(C)C(=O)/C=C/c4ccoc4)CC[C@@]4(O)[C@@H](C2)N(CCc2ccccc2)CC[C@]314. The maximum atomic E-state index is 13.4. The first-order valence-corrected chi connectivity index (χ1v) is 14.8. The molecule has 2 fully saturated rings. The van der Waals surface area contributed by atoms with E-state index in [1.165, 1.54) is 12.5 Å². The first kappa shape index (κ1) is 27.0. The number of rotatable bonds is 7. The minimum absolute atomic E-state index is 0.0815. The molecule has 1 amide bonds. The van der Waals surface area contributed by atoms with E-state index < -0.39 is 23.1 Å². The quantitative estimate of drug-likeness (QED) is 0.260. The van der Waals surface area contributed by atoms with Crippen molar-refractivity contribution in [2.75, 3.05) is 20.1 Å². The Kier molecular flexibility index (Phi) is 6.51. The number of hydrogen-bond acceptors (Lipinski definition) is 7. The van der Waals surface area contributed by atoms with E-state index in [1.807, 2.05) is 25.2 Å². The van der Waals surface area contributed by atoms with Crippen molar-refractivity contribution in [2.45, 2.75) is 68.2 Å². The van der Waals surface area contributed by atoms with Crippen molar-refractivity contribution in [3.8, 4) is 11.5 Å². The average Bonchev–Trinajstić information content (AvgIpc) is 3.62. The van der Waals surface area contributed by atoms with Crippen molar-refractivity contribution in [3.05, 3.63) is 89.4 Å². The Bertz CT molecular complexity index is 1530. The fourth-order valence-electron chi connectivity index (χ4n) is 8.23. The standard InChI is InChI=1S/C34H36N2O6/c1-22(37)41-27-10-9-25-20-28-34(39)15-12-26(35(2)29(38)11-8-24-14-19-40-21-24)32-33(34,30(25)31(27)42-32)16-18-36(28)17-13-23-6-4-3-5-7-23/h3-11,14,19,21,26,28,32,39H,12-13,15-18,20H2,1-2H3/b11-8+/t26-,28-,32+,33+,34-/m1/s1. The van der Waals surface area contributed by atoms with Crippen LogP contribution < -0.4 is 9.47 Å². The zero-order valence-electron chi connectivity index (χ0n) is 24.0. The molecule has 1 saturated heterocycles. The predicted molar refractivity (Wildman–Crippen MR) is 156 cm³/mol. The van der Waals surface area contributed by atoms with Crippen LogP contribution in [0.4, 0.5) is 0 Å². The smallest absolute Gasteiger partial charge is 0.308 e. The Morgan fingerprint density at radius 3 is 2.76 bits per heavy atom. The number of aliphatic hydroxyl groups is 1. The van der Waals surface area contributed by atoms with E-state index in [4.69, 9.17) is 13.9 Å². The summed E-state index contributed by atoms with van der Waals surface area (Å²) in [6, 6.07) is 15.8. The van der Waals surface area contributed by atoms with Gasteiger partial charge in [0.05, 0.1) is 29.6 Å². The number of esters is 1. The number of amides is 1. The highest BCUT2D eigenvalue weighted by Crippen LogP contribution is 2.66. The second-order valence-corrected chi connectivity index (χ2v) is 12.1. The number of furan rings is 1. The summed E-state index contributed by atoms with van der Waals surface area (Å²) in [6.07, 6.45) is 9.41. The Morgan fingerprint density at radius 1 is 1.17 bits per heavy atom. The van der Waals surface area contributed by atoms with Crippen molar-refractivity contribution >= 4 is 18.0 Å². The Morgan fingerprint density at radius 2 is 2.00 bits per heavy atom. The van der Waals surface area contributed by atoms with Gasteiger partial charge in [-0.25, -0.2) is 0 Å². The lowest BCUT2D eigenvalue weighted by Crippen LogP contribution is -2.78. The van der Waals surface area contributed by atoms with Crippen LogP contribution in [0.2, 0.25) is 0 Å². The van der Waals surface area contributed by atoms with E-state index in [-0.39, 0.29) is 18.0 Å². The fraction of sp³-hybridized carbons (Fsp3) is 0.412. The van der Waals surface area contributed by atoms with Crippen LogP contribution >= 0.6 is 0 Å². The third-order valence-electron chi connectivity index (χ3n) is 10.1. The lowest BCUT2D eigenvalue weighted by atomic mass is 9.48. The van der Waals surface area contributed by atoms with Crippen molar-refractivity contribution < 1.29 is 28.6 Å². The van der Waals surface area contributed by atoms with Crippen molar-refractivity contribution in [1.82, 2.24) is 9.80 Å². The van der Waals surface area contributed by atoms with Gasteiger partial charge in [0.2, 0.25) is 5.91 Å².